The molecule has 0 saturated carbocycles. The van der Waals surface area contributed by atoms with E-state index in [0.29, 0.717) is 6.42 Å². The molecule has 2 heterocycles. The third-order valence-corrected chi connectivity index (χ3v) is 3.76. The van der Waals surface area contributed by atoms with Crippen molar-refractivity contribution in [2.24, 2.45) is 0 Å². The summed E-state index contributed by atoms with van der Waals surface area (Å²) in [6, 6.07) is 7.71. The molecule has 1 spiro atoms. The molecule has 1 aromatic carbocycles. The van der Waals surface area contributed by atoms with E-state index in [4.69, 9.17) is 9.47 Å². The van der Waals surface area contributed by atoms with Gasteiger partial charge in [-0.05, 0) is 13.0 Å². The predicted molar refractivity (Wildman–Crippen MR) is 59.4 cm³/mol. The van der Waals surface area contributed by atoms with Gasteiger partial charge in [-0.1, -0.05) is 18.2 Å². The molecule has 3 unspecified atom stereocenters. The number of fused-ring (bicyclic) bond motifs is 1. The van der Waals surface area contributed by atoms with E-state index in [0.717, 1.165) is 24.3 Å². The second-order valence-electron chi connectivity index (χ2n) is 4.69. The Morgan fingerprint density at radius 3 is 2.94 bits per heavy atom. The van der Waals surface area contributed by atoms with E-state index in [1.165, 1.54) is 0 Å². The largest absolute Gasteiger partial charge is 0.484 e. The van der Waals surface area contributed by atoms with E-state index < -0.39 is 6.10 Å². The van der Waals surface area contributed by atoms with Gasteiger partial charge in [0, 0.05) is 18.4 Å². The van der Waals surface area contributed by atoms with Crippen molar-refractivity contribution in [3.05, 3.63) is 29.8 Å². The van der Waals surface area contributed by atoms with Crippen LogP contribution in [0.15, 0.2) is 24.3 Å². The maximum Gasteiger partial charge on any atom is 0.140 e. The Kier molecular flexibility index (Phi) is 2.19. The summed E-state index contributed by atoms with van der Waals surface area (Å²) in [4.78, 5) is 0. The molecule has 86 valence electrons. The summed E-state index contributed by atoms with van der Waals surface area (Å²) in [7, 11) is 0. The summed E-state index contributed by atoms with van der Waals surface area (Å²) >= 11 is 0. The van der Waals surface area contributed by atoms with Crippen LogP contribution in [0.4, 0.5) is 0 Å². The number of hydrogen-bond acceptors (Lipinski definition) is 3. The average Bonchev–Trinajstić information content (AvgIpc) is 2.60. The Hall–Kier alpha value is -1.06. The van der Waals surface area contributed by atoms with E-state index in [-0.39, 0.29) is 11.7 Å². The van der Waals surface area contributed by atoms with Crippen molar-refractivity contribution in [3.8, 4) is 5.75 Å². The first-order chi connectivity index (χ1) is 7.71. The monoisotopic (exact) mass is 220 g/mol. The van der Waals surface area contributed by atoms with Gasteiger partial charge in [0.2, 0.25) is 0 Å². The lowest BCUT2D eigenvalue weighted by Gasteiger charge is -2.39. The van der Waals surface area contributed by atoms with Gasteiger partial charge in [0.15, 0.2) is 0 Å². The third kappa shape index (κ3) is 1.35. The lowest BCUT2D eigenvalue weighted by Crippen LogP contribution is -2.46. The fourth-order valence-electron chi connectivity index (χ4n) is 2.71. The molecule has 0 aromatic heterocycles. The minimum atomic E-state index is -0.436. The summed E-state index contributed by atoms with van der Waals surface area (Å²) in [6.07, 6.45) is 1.11. The minimum absolute atomic E-state index is 0.0514. The van der Waals surface area contributed by atoms with Gasteiger partial charge in [-0.2, -0.15) is 0 Å². The molecule has 2 aliphatic heterocycles. The van der Waals surface area contributed by atoms with Crippen molar-refractivity contribution in [2.45, 2.75) is 37.6 Å². The predicted octanol–water partition coefficient (Wildman–Crippen LogP) is 2.05. The second-order valence-corrected chi connectivity index (χ2v) is 4.69. The Bertz CT molecular complexity index is 404. The maximum absolute atomic E-state index is 10.2. The Morgan fingerprint density at radius 1 is 1.38 bits per heavy atom. The van der Waals surface area contributed by atoms with Gasteiger partial charge in [-0.25, -0.2) is 0 Å². The van der Waals surface area contributed by atoms with Crippen molar-refractivity contribution >= 4 is 0 Å². The van der Waals surface area contributed by atoms with Crippen molar-refractivity contribution in [1.82, 2.24) is 0 Å². The van der Waals surface area contributed by atoms with Crippen LogP contribution in [0.1, 0.15) is 31.4 Å². The number of hydrogen-bond donors (Lipinski definition) is 1. The number of benzene rings is 1. The average molecular weight is 220 g/mol. The highest BCUT2D eigenvalue weighted by Gasteiger charge is 2.48. The van der Waals surface area contributed by atoms with Crippen molar-refractivity contribution in [1.29, 1.82) is 0 Å². The number of ether oxygens (including phenoxy) is 2. The van der Waals surface area contributed by atoms with Crippen LogP contribution in [0.2, 0.25) is 0 Å². The molecule has 1 N–H and O–H groups in total. The van der Waals surface area contributed by atoms with Gasteiger partial charge in [0.1, 0.15) is 11.4 Å². The zero-order chi connectivity index (χ0) is 11.2. The zero-order valence-electron chi connectivity index (χ0n) is 9.35. The second kappa shape index (κ2) is 3.47. The van der Waals surface area contributed by atoms with E-state index in [9.17, 15) is 5.11 Å². The topological polar surface area (TPSA) is 38.7 Å². The highest BCUT2D eigenvalue weighted by Crippen LogP contribution is 2.45. The van der Waals surface area contributed by atoms with E-state index in [2.05, 4.69) is 0 Å². The molecule has 3 heteroatoms. The van der Waals surface area contributed by atoms with E-state index >= 15 is 0 Å². The fraction of sp³-hybridized carbons (Fsp3) is 0.538. The first-order valence-electron chi connectivity index (χ1n) is 5.79. The molecule has 1 fully saturated rings. The zero-order valence-corrected chi connectivity index (χ0v) is 9.35. The van der Waals surface area contributed by atoms with Crippen LogP contribution in [0, 0.1) is 0 Å². The van der Waals surface area contributed by atoms with Crippen molar-refractivity contribution < 1.29 is 14.6 Å². The molecule has 1 aromatic rings. The highest BCUT2D eigenvalue weighted by molar-refractivity contribution is 5.38. The number of aliphatic hydroxyl groups is 1. The van der Waals surface area contributed by atoms with Gasteiger partial charge < -0.3 is 14.6 Å². The van der Waals surface area contributed by atoms with Crippen molar-refractivity contribution in [2.75, 3.05) is 6.61 Å². The SMILES string of the molecule is CC1OCCC12CC(O)c1ccccc1O2. The standard InChI is InChI=1S/C13H16O3/c1-9-13(6-7-15-9)8-11(14)10-4-2-3-5-12(10)16-13/h2-5,9,11,14H,6-8H2,1H3. The molecule has 0 amide bonds. The van der Waals surface area contributed by atoms with Gasteiger partial charge in [-0.3, -0.25) is 0 Å². The quantitative estimate of drug-likeness (QED) is 0.727. The lowest BCUT2D eigenvalue weighted by atomic mass is 9.84. The Balaban J connectivity index is 2.00. The van der Waals surface area contributed by atoms with Gasteiger partial charge in [0.05, 0.1) is 18.8 Å². The summed E-state index contributed by atoms with van der Waals surface area (Å²) in [5.41, 5.74) is 0.570. The number of para-hydroxylation sites is 1. The molecular formula is C13H16O3. The first kappa shape index (κ1) is 10.1. The summed E-state index contributed by atoms with van der Waals surface area (Å²) in [5, 5.41) is 10.2. The van der Waals surface area contributed by atoms with Crippen LogP contribution in [0.5, 0.6) is 5.75 Å². The Morgan fingerprint density at radius 2 is 2.19 bits per heavy atom. The molecule has 3 atom stereocenters. The maximum atomic E-state index is 10.2. The third-order valence-electron chi connectivity index (χ3n) is 3.76. The molecule has 2 aliphatic rings. The van der Waals surface area contributed by atoms with Crippen LogP contribution < -0.4 is 4.74 Å². The van der Waals surface area contributed by atoms with Gasteiger partial charge in [0.25, 0.3) is 0 Å². The van der Waals surface area contributed by atoms with Crippen LogP contribution in [-0.2, 0) is 4.74 Å². The highest BCUT2D eigenvalue weighted by atomic mass is 16.6. The molecule has 3 rings (SSSR count). The van der Waals surface area contributed by atoms with Crippen LogP contribution in [0.25, 0.3) is 0 Å². The summed E-state index contributed by atoms with van der Waals surface area (Å²) in [6.45, 7) is 2.74. The first-order valence-corrected chi connectivity index (χ1v) is 5.79. The van der Waals surface area contributed by atoms with Crippen LogP contribution in [0.3, 0.4) is 0 Å². The van der Waals surface area contributed by atoms with Gasteiger partial charge in [-0.15, -0.1) is 0 Å². The molecule has 3 nitrogen and oxygen atoms in total. The molecule has 0 bridgehead atoms. The molecule has 0 aliphatic carbocycles. The van der Waals surface area contributed by atoms with E-state index in [1.807, 2.05) is 31.2 Å². The number of aliphatic hydroxyl groups excluding tert-OH is 1. The van der Waals surface area contributed by atoms with Crippen molar-refractivity contribution in [3.63, 3.8) is 0 Å². The lowest BCUT2D eigenvalue weighted by molar-refractivity contribution is -0.0565. The van der Waals surface area contributed by atoms with Crippen LogP contribution >= 0.6 is 0 Å². The normalized spacial score (nSPS) is 37.1. The molecular weight excluding hydrogens is 204 g/mol. The summed E-state index contributed by atoms with van der Waals surface area (Å²) in [5.74, 6) is 0.804. The van der Waals surface area contributed by atoms with E-state index in [1.54, 1.807) is 0 Å². The minimum Gasteiger partial charge on any atom is -0.484 e. The smallest absolute Gasteiger partial charge is 0.140 e. The number of rotatable bonds is 0. The molecule has 16 heavy (non-hydrogen) atoms. The Labute approximate surface area is 95.0 Å². The fourth-order valence-corrected chi connectivity index (χ4v) is 2.71. The van der Waals surface area contributed by atoms with Crippen LogP contribution in [-0.4, -0.2) is 23.4 Å². The summed E-state index contributed by atoms with van der Waals surface area (Å²) < 4.78 is 11.7. The molecule has 0 radical (unpaired) electrons. The van der Waals surface area contributed by atoms with Gasteiger partial charge >= 0.3 is 0 Å². The molecule has 1 saturated heterocycles.